The molecule has 0 aliphatic heterocycles. The Kier molecular flexibility index (Phi) is 9.19. The molecule has 0 aliphatic rings. The number of hydrogen-bond acceptors (Lipinski definition) is 5. The predicted octanol–water partition coefficient (Wildman–Crippen LogP) is 5.93. The number of carbonyl (C=O) groups excluding carboxylic acids is 2. The van der Waals surface area contributed by atoms with Crippen LogP contribution in [0.25, 0.3) is 0 Å². The van der Waals surface area contributed by atoms with E-state index in [4.69, 9.17) is 9.47 Å². The Labute approximate surface area is 229 Å². The molecule has 0 bridgehead atoms. The van der Waals surface area contributed by atoms with Gasteiger partial charge in [-0.1, -0.05) is 60.2 Å². The molecule has 0 aliphatic carbocycles. The molecule has 7 nitrogen and oxygen atoms in total. The molecular weight excluding hydrogens is 490 g/mol. The summed E-state index contributed by atoms with van der Waals surface area (Å²) in [6, 6.07) is 30.8. The van der Waals surface area contributed by atoms with E-state index in [1.165, 1.54) is 5.01 Å². The van der Waals surface area contributed by atoms with Crippen molar-refractivity contribution >= 4 is 17.5 Å². The second kappa shape index (κ2) is 13.1. The Hall–Kier alpha value is -4.78. The maximum atomic E-state index is 13.8. The maximum absolute atomic E-state index is 13.8. The number of ether oxygens (including phenoxy) is 2. The Morgan fingerprint density at radius 2 is 1.54 bits per heavy atom. The van der Waals surface area contributed by atoms with Crippen LogP contribution in [0.2, 0.25) is 0 Å². The lowest BCUT2D eigenvalue weighted by molar-refractivity contribution is -0.131. The minimum Gasteiger partial charge on any atom is -0.497 e. The first-order valence-electron chi connectivity index (χ1n) is 12.8. The van der Waals surface area contributed by atoms with E-state index in [0.29, 0.717) is 35.8 Å². The molecule has 39 heavy (non-hydrogen) atoms. The van der Waals surface area contributed by atoms with Gasteiger partial charge in [-0.25, -0.2) is 0 Å². The number of likely N-dealkylation sites (N-methyl/N-ethyl adjacent to an activating group) is 1. The minimum atomic E-state index is -0.924. The number of anilines is 1. The molecule has 0 radical (unpaired) electrons. The first-order chi connectivity index (χ1) is 19.0. The van der Waals surface area contributed by atoms with E-state index in [-0.39, 0.29) is 11.8 Å². The van der Waals surface area contributed by atoms with Crippen LogP contribution in [0.4, 0.5) is 5.69 Å². The summed E-state index contributed by atoms with van der Waals surface area (Å²) < 4.78 is 11.1. The first-order valence-corrected chi connectivity index (χ1v) is 12.8. The van der Waals surface area contributed by atoms with Crippen molar-refractivity contribution in [3.05, 3.63) is 125 Å². The number of nitrogens with zero attached hydrogens (tertiary/aromatic N) is 1. The third-order valence-corrected chi connectivity index (χ3v) is 6.20. The topological polar surface area (TPSA) is 79.9 Å². The number of rotatable bonds is 11. The summed E-state index contributed by atoms with van der Waals surface area (Å²) in [5.74, 6) is 0.754. The van der Waals surface area contributed by atoms with E-state index in [9.17, 15) is 9.59 Å². The SMILES string of the molecule is CCN(Nc1ccc(OC)cc1)C(=O)C(NC(=O)c1cccc(C)c1)c1ccc(OCc2ccccc2)cc1. The number of hydrogen-bond donors (Lipinski definition) is 2. The molecule has 7 heteroatoms. The van der Waals surface area contributed by atoms with Crippen LogP contribution in [0.1, 0.15) is 40.0 Å². The van der Waals surface area contributed by atoms with Crippen LogP contribution >= 0.6 is 0 Å². The largest absolute Gasteiger partial charge is 0.497 e. The van der Waals surface area contributed by atoms with Gasteiger partial charge in [0, 0.05) is 12.1 Å². The third kappa shape index (κ3) is 7.38. The smallest absolute Gasteiger partial charge is 0.268 e. The molecule has 0 saturated carbocycles. The molecule has 1 atom stereocenters. The monoisotopic (exact) mass is 523 g/mol. The van der Waals surface area contributed by atoms with E-state index in [0.717, 1.165) is 16.8 Å². The fraction of sp³-hybridized carbons (Fsp3) is 0.188. The zero-order valence-corrected chi connectivity index (χ0v) is 22.4. The van der Waals surface area contributed by atoms with Gasteiger partial charge in [0.15, 0.2) is 0 Å². The van der Waals surface area contributed by atoms with Crippen molar-refractivity contribution in [3.63, 3.8) is 0 Å². The molecular formula is C32H33N3O4. The molecule has 200 valence electrons. The lowest BCUT2D eigenvalue weighted by Crippen LogP contribution is -2.45. The summed E-state index contributed by atoms with van der Waals surface area (Å²) >= 11 is 0. The van der Waals surface area contributed by atoms with Crippen molar-refractivity contribution in [2.24, 2.45) is 0 Å². The highest BCUT2D eigenvalue weighted by atomic mass is 16.5. The molecule has 2 N–H and O–H groups in total. The molecule has 0 saturated heterocycles. The number of aryl methyl sites for hydroxylation is 1. The number of nitrogens with one attached hydrogen (secondary N) is 2. The molecule has 4 rings (SSSR count). The van der Waals surface area contributed by atoms with Gasteiger partial charge < -0.3 is 14.8 Å². The highest BCUT2D eigenvalue weighted by Crippen LogP contribution is 2.23. The fourth-order valence-electron chi connectivity index (χ4n) is 4.05. The number of methoxy groups -OCH3 is 1. The van der Waals surface area contributed by atoms with Crippen LogP contribution in [-0.4, -0.2) is 30.5 Å². The van der Waals surface area contributed by atoms with Crippen molar-refractivity contribution in [3.8, 4) is 11.5 Å². The molecule has 0 aromatic heterocycles. The van der Waals surface area contributed by atoms with Crippen molar-refractivity contribution in [2.75, 3.05) is 19.1 Å². The average molecular weight is 524 g/mol. The standard InChI is InChI=1S/C32H33N3O4/c1-4-35(34-27-15-19-28(38-3)20-16-27)32(37)30(33-31(36)26-12-8-9-23(2)21-26)25-13-17-29(18-14-25)39-22-24-10-6-5-7-11-24/h5-21,30,34H,4,22H2,1-3H3,(H,33,36). The zero-order chi connectivity index (χ0) is 27.6. The van der Waals surface area contributed by atoms with E-state index >= 15 is 0 Å². The van der Waals surface area contributed by atoms with Gasteiger partial charge in [-0.2, -0.15) is 0 Å². The van der Waals surface area contributed by atoms with Gasteiger partial charge in [0.1, 0.15) is 24.1 Å². The number of amides is 2. The quantitative estimate of drug-likeness (QED) is 0.238. The van der Waals surface area contributed by atoms with E-state index in [1.54, 1.807) is 31.4 Å². The zero-order valence-electron chi connectivity index (χ0n) is 22.4. The van der Waals surface area contributed by atoms with Crippen molar-refractivity contribution in [2.45, 2.75) is 26.5 Å². The summed E-state index contributed by atoms with van der Waals surface area (Å²) in [5.41, 5.74) is 7.02. The number of benzene rings is 4. The maximum Gasteiger partial charge on any atom is 0.268 e. The van der Waals surface area contributed by atoms with Gasteiger partial charge in [-0.05, 0) is 73.5 Å². The summed E-state index contributed by atoms with van der Waals surface area (Å²) in [6.07, 6.45) is 0. The second-order valence-corrected chi connectivity index (χ2v) is 9.04. The number of hydrazine groups is 1. The highest BCUT2D eigenvalue weighted by Gasteiger charge is 2.28. The molecule has 0 fully saturated rings. The Balaban J connectivity index is 1.56. The van der Waals surface area contributed by atoms with Crippen molar-refractivity contribution < 1.29 is 19.1 Å². The molecule has 4 aromatic carbocycles. The Morgan fingerprint density at radius 3 is 2.18 bits per heavy atom. The molecule has 1 unspecified atom stereocenters. The Morgan fingerprint density at radius 1 is 0.846 bits per heavy atom. The van der Waals surface area contributed by atoms with E-state index < -0.39 is 6.04 Å². The number of carbonyl (C=O) groups is 2. The summed E-state index contributed by atoms with van der Waals surface area (Å²) in [7, 11) is 1.60. The normalized spacial score (nSPS) is 11.3. The molecule has 0 heterocycles. The molecule has 2 amide bonds. The fourth-order valence-corrected chi connectivity index (χ4v) is 4.05. The first kappa shape index (κ1) is 27.3. The van der Waals surface area contributed by atoms with Crippen LogP contribution in [0.3, 0.4) is 0 Å². The molecule has 4 aromatic rings. The lowest BCUT2D eigenvalue weighted by Gasteiger charge is -2.28. The van der Waals surface area contributed by atoms with Gasteiger partial charge in [0.25, 0.3) is 11.8 Å². The van der Waals surface area contributed by atoms with Crippen molar-refractivity contribution in [1.82, 2.24) is 10.3 Å². The van der Waals surface area contributed by atoms with Gasteiger partial charge in [-0.3, -0.25) is 20.0 Å². The Bertz CT molecular complexity index is 1370. The van der Waals surface area contributed by atoms with Gasteiger partial charge in [-0.15, -0.1) is 0 Å². The minimum absolute atomic E-state index is 0.299. The van der Waals surface area contributed by atoms with Crippen LogP contribution in [0.5, 0.6) is 11.5 Å². The predicted molar refractivity (Wildman–Crippen MR) is 153 cm³/mol. The van der Waals surface area contributed by atoms with Gasteiger partial charge >= 0.3 is 0 Å². The second-order valence-electron chi connectivity index (χ2n) is 9.04. The lowest BCUT2D eigenvalue weighted by atomic mass is 10.0. The summed E-state index contributed by atoms with van der Waals surface area (Å²) in [6.45, 7) is 4.60. The highest BCUT2D eigenvalue weighted by molar-refractivity contribution is 5.98. The molecule has 0 spiro atoms. The average Bonchev–Trinajstić information content (AvgIpc) is 2.98. The van der Waals surface area contributed by atoms with E-state index in [2.05, 4.69) is 10.7 Å². The summed E-state index contributed by atoms with van der Waals surface area (Å²) in [5, 5.41) is 4.43. The van der Waals surface area contributed by atoms with Crippen LogP contribution in [-0.2, 0) is 11.4 Å². The third-order valence-electron chi connectivity index (χ3n) is 6.20. The van der Waals surface area contributed by atoms with E-state index in [1.807, 2.05) is 92.7 Å². The van der Waals surface area contributed by atoms with Gasteiger partial charge in [0.2, 0.25) is 0 Å². The summed E-state index contributed by atoms with van der Waals surface area (Å²) in [4.78, 5) is 27.0. The van der Waals surface area contributed by atoms with Crippen LogP contribution < -0.4 is 20.2 Å². The van der Waals surface area contributed by atoms with Gasteiger partial charge in [0.05, 0.1) is 12.8 Å². The van der Waals surface area contributed by atoms with Crippen LogP contribution in [0.15, 0.2) is 103 Å². The van der Waals surface area contributed by atoms with Crippen LogP contribution in [0, 0.1) is 6.92 Å². The van der Waals surface area contributed by atoms with Crippen molar-refractivity contribution in [1.29, 1.82) is 0 Å².